The first-order valence-corrected chi connectivity index (χ1v) is 9.79. The maximum Gasteiger partial charge on any atom is 0.231 e. The molecule has 27 heavy (non-hydrogen) atoms. The van der Waals surface area contributed by atoms with E-state index >= 15 is 0 Å². The quantitative estimate of drug-likeness (QED) is 0.665. The molecule has 2 aromatic heterocycles. The molecule has 0 saturated carbocycles. The normalized spacial score (nSPS) is 18.3. The van der Waals surface area contributed by atoms with E-state index in [9.17, 15) is 0 Å². The highest BCUT2D eigenvalue weighted by Gasteiger charge is 2.27. The molecule has 1 aromatic carbocycles. The second-order valence-corrected chi connectivity index (χ2v) is 7.68. The molecule has 1 aliphatic rings. The molecule has 4 rings (SSSR count). The van der Waals surface area contributed by atoms with Crippen LogP contribution in [0.3, 0.4) is 0 Å². The van der Waals surface area contributed by atoms with Gasteiger partial charge in [0.2, 0.25) is 5.89 Å². The first kappa shape index (κ1) is 17.9. The van der Waals surface area contributed by atoms with Crippen LogP contribution in [0.5, 0.6) is 0 Å². The summed E-state index contributed by atoms with van der Waals surface area (Å²) in [5, 5.41) is 4.13. The average molecular weight is 365 g/mol. The van der Waals surface area contributed by atoms with Gasteiger partial charge in [-0.3, -0.25) is 4.90 Å². The van der Waals surface area contributed by atoms with E-state index in [1.165, 1.54) is 5.56 Å². The lowest BCUT2D eigenvalue weighted by Gasteiger charge is -2.30. The van der Waals surface area contributed by atoms with Crippen LogP contribution in [0.15, 0.2) is 47.2 Å². The van der Waals surface area contributed by atoms with Crippen molar-refractivity contribution in [2.75, 3.05) is 13.1 Å². The summed E-state index contributed by atoms with van der Waals surface area (Å²) < 4.78 is 7.78. The number of aromatic nitrogens is 4. The van der Waals surface area contributed by atoms with Gasteiger partial charge in [0, 0.05) is 31.4 Å². The van der Waals surface area contributed by atoms with Crippen molar-refractivity contribution in [3.05, 3.63) is 65.8 Å². The third-order valence-electron chi connectivity index (χ3n) is 5.19. The summed E-state index contributed by atoms with van der Waals surface area (Å²) in [5.74, 6) is 3.31. The predicted octanol–water partition coefficient (Wildman–Crippen LogP) is 3.82. The topological polar surface area (TPSA) is 60.0 Å². The highest BCUT2D eigenvalue weighted by atomic mass is 16.5. The molecule has 0 N–H and O–H groups in total. The summed E-state index contributed by atoms with van der Waals surface area (Å²) in [4.78, 5) is 11.7. The molecule has 3 aromatic rings. The van der Waals surface area contributed by atoms with Gasteiger partial charge in [0.1, 0.15) is 5.82 Å². The second kappa shape index (κ2) is 8.05. The van der Waals surface area contributed by atoms with Crippen molar-refractivity contribution in [3.8, 4) is 0 Å². The molecule has 0 amide bonds. The Labute approximate surface area is 160 Å². The van der Waals surface area contributed by atoms with E-state index in [1.54, 1.807) is 0 Å². The van der Waals surface area contributed by atoms with E-state index in [-0.39, 0.29) is 0 Å². The lowest BCUT2D eigenvalue weighted by molar-refractivity contribution is 0.175. The van der Waals surface area contributed by atoms with Crippen molar-refractivity contribution < 1.29 is 4.52 Å². The SMILES string of the molecule is CC(C)c1noc([C@@H]2CCCN(Cc3nccn3Cc3ccccc3)C2)n1. The average Bonchev–Trinajstić information content (AvgIpc) is 3.33. The zero-order valence-electron chi connectivity index (χ0n) is 16.1. The molecule has 1 saturated heterocycles. The van der Waals surface area contributed by atoms with Gasteiger partial charge in [0.05, 0.1) is 12.5 Å². The summed E-state index contributed by atoms with van der Waals surface area (Å²) >= 11 is 0. The van der Waals surface area contributed by atoms with Crippen LogP contribution in [-0.4, -0.2) is 37.7 Å². The number of hydrogen-bond acceptors (Lipinski definition) is 5. The zero-order valence-corrected chi connectivity index (χ0v) is 16.1. The maximum absolute atomic E-state index is 5.54. The molecule has 0 bridgehead atoms. The smallest absolute Gasteiger partial charge is 0.231 e. The Morgan fingerprint density at radius 2 is 2.04 bits per heavy atom. The fraction of sp³-hybridized carbons (Fsp3) is 0.476. The molecule has 0 spiro atoms. The Morgan fingerprint density at radius 3 is 2.81 bits per heavy atom. The van der Waals surface area contributed by atoms with Crippen LogP contribution in [0.1, 0.15) is 61.6 Å². The summed E-state index contributed by atoms with van der Waals surface area (Å²) in [6.45, 7) is 7.91. The van der Waals surface area contributed by atoms with Crippen LogP contribution in [0.25, 0.3) is 0 Å². The van der Waals surface area contributed by atoms with Gasteiger partial charge in [0.15, 0.2) is 5.82 Å². The fourth-order valence-corrected chi connectivity index (χ4v) is 3.66. The van der Waals surface area contributed by atoms with Gasteiger partial charge in [-0.1, -0.05) is 49.3 Å². The lowest BCUT2D eigenvalue weighted by atomic mass is 9.98. The number of benzene rings is 1. The van der Waals surface area contributed by atoms with Crippen molar-refractivity contribution in [2.45, 2.75) is 51.6 Å². The van der Waals surface area contributed by atoms with Crippen molar-refractivity contribution in [1.29, 1.82) is 0 Å². The van der Waals surface area contributed by atoms with Gasteiger partial charge in [-0.15, -0.1) is 0 Å². The Morgan fingerprint density at radius 1 is 1.19 bits per heavy atom. The zero-order chi connectivity index (χ0) is 18.6. The van der Waals surface area contributed by atoms with E-state index in [1.807, 2.05) is 6.20 Å². The standard InChI is InChI=1S/C21H27N5O/c1-16(2)20-23-21(27-24-20)18-9-6-11-25(14-18)15-19-22-10-12-26(19)13-17-7-4-3-5-8-17/h3-5,7-8,10,12,16,18H,6,9,11,13-15H2,1-2H3/t18-/m1/s1. The van der Waals surface area contributed by atoms with Crippen LogP contribution in [0, 0.1) is 0 Å². The summed E-state index contributed by atoms with van der Waals surface area (Å²) in [6, 6.07) is 10.5. The lowest BCUT2D eigenvalue weighted by Crippen LogP contribution is -2.35. The Hall–Kier alpha value is -2.47. The Balaban J connectivity index is 1.42. The first-order chi connectivity index (χ1) is 13.2. The summed E-state index contributed by atoms with van der Waals surface area (Å²) in [6.07, 6.45) is 6.21. The minimum atomic E-state index is 0.299. The van der Waals surface area contributed by atoms with Crippen LogP contribution in [0.2, 0.25) is 0 Å². The van der Waals surface area contributed by atoms with Gasteiger partial charge in [-0.25, -0.2) is 4.98 Å². The van der Waals surface area contributed by atoms with E-state index in [0.717, 1.165) is 56.6 Å². The molecule has 6 heteroatoms. The molecule has 6 nitrogen and oxygen atoms in total. The van der Waals surface area contributed by atoms with Gasteiger partial charge < -0.3 is 9.09 Å². The molecule has 0 radical (unpaired) electrons. The highest BCUT2D eigenvalue weighted by molar-refractivity contribution is 5.16. The molecule has 0 aliphatic carbocycles. The van der Waals surface area contributed by atoms with E-state index in [0.29, 0.717) is 11.8 Å². The molecule has 3 heterocycles. The Kier molecular flexibility index (Phi) is 5.34. The number of hydrogen-bond donors (Lipinski definition) is 0. The number of imidazole rings is 1. The fourth-order valence-electron chi connectivity index (χ4n) is 3.66. The Bertz CT molecular complexity index is 854. The van der Waals surface area contributed by atoms with Crippen LogP contribution >= 0.6 is 0 Å². The van der Waals surface area contributed by atoms with E-state index < -0.39 is 0 Å². The largest absolute Gasteiger partial charge is 0.339 e. The van der Waals surface area contributed by atoms with Crippen LogP contribution in [0.4, 0.5) is 0 Å². The maximum atomic E-state index is 5.54. The minimum Gasteiger partial charge on any atom is -0.339 e. The summed E-state index contributed by atoms with van der Waals surface area (Å²) in [5.41, 5.74) is 1.29. The van der Waals surface area contributed by atoms with Crippen molar-refractivity contribution in [3.63, 3.8) is 0 Å². The monoisotopic (exact) mass is 365 g/mol. The number of nitrogens with zero attached hydrogens (tertiary/aromatic N) is 5. The summed E-state index contributed by atoms with van der Waals surface area (Å²) in [7, 11) is 0. The molecule has 1 fully saturated rings. The molecule has 1 atom stereocenters. The molecule has 142 valence electrons. The van der Waals surface area contributed by atoms with Gasteiger partial charge in [0.25, 0.3) is 0 Å². The molecular weight excluding hydrogens is 338 g/mol. The van der Waals surface area contributed by atoms with E-state index in [2.05, 4.69) is 75.0 Å². The number of likely N-dealkylation sites (tertiary alicyclic amines) is 1. The van der Waals surface area contributed by atoms with Crippen molar-refractivity contribution in [1.82, 2.24) is 24.6 Å². The van der Waals surface area contributed by atoms with E-state index in [4.69, 9.17) is 4.52 Å². The second-order valence-electron chi connectivity index (χ2n) is 7.68. The molecular formula is C21H27N5O. The van der Waals surface area contributed by atoms with Crippen molar-refractivity contribution >= 4 is 0 Å². The van der Waals surface area contributed by atoms with Crippen molar-refractivity contribution in [2.24, 2.45) is 0 Å². The number of piperidine rings is 1. The predicted molar refractivity (Wildman–Crippen MR) is 103 cm³/mol. The van der Waals surface area contributed by atoms with Gasteiger partial charge >= 0.3 is 0 Å². The third kappa shape index (κ3) is 4.27. The molecule has 1 aliphatic heterocycles. The minimum absolute atomic E-state index is 0.299. The first-order valence-electron chi connectivity index (χ1n) is 9.79. The van der Waals surface area contributed by atoms with Crippen LogP contribution in [-0.2, 0) is 13.1 Å². The van der Waals surface area contributed by atoms with Crippen LogP contribution < -0.4 is 0 Å². The van der Waals surface area contributed by atoms with Gasteiger partial charge in [-0.05, 0) is 24.9 Å². The molecule has 0 unspecified atom stereocenters. The van der Waals surface area contributed by atoms with Gasteiger partial charge in [-0.2, -0.15) is 4.98 Å². The third-order valence-corrected chi connectivity index (χ3v) is 5.19. The highest BCUT2D eigenvalue weighted by Crippen LogP contribution is 2.27. The number of rotatable bonds is 6.